The topological polar surface area (TPSA) is 48.5 Å². The first-order valence-corrected chi connectivity index (χ1v) is 7.98. The normalized spacial score (nSPS) is 19.6. The molecule has 2 heterocycles. The monoisotopic (exact) mass is 288 g/mol. The summed E-state index contributed by atoms with van der Waals surface area (Å²) >= 11 is 0. The number of nitrogens with zero attached hydrogens (tertiary/aromatic N) is 3. The molecular formula is C16H24N4O. The van der Waals surface area contributed by atoms with Crippen LogP contribution < -0.4 is 5.32 Å². The minimum absolute atomic E-state index is 0.102. The summed E-state index contributed by atoms with van der Waals surface area (Å²) in [5, 5.41) is 3.17. The Labute approximate surface area is 126 Å². The Bertz CT molecular complexity index is 493. The van der Waals surface area contributed by atoms with Gasteiger partial charge >= 0.3 is 0 Å². The van der Waals surface area contributed by atoms with Crippen molar-refractivity contribution in [1.82, 2.24) is 14.8 Å². The van der Waals surface area contributed by atoms with Gasteiger partial charge in [-0.15, -0.1) is 0 Å². The molecule has 1 aromatic heterocycles. The molecule has 3 rings (SSSR count). The number of rotatable bonds is 5. The standard InChI is InChI=1S/C16H24N4O/c1-2-17-15-14(4-3-7-18-15)16(21)20-10-8-19(9-11-20)12-13-5-6-13/h3-4,7,13H,2,5-6,8-12H2,1H3,(H,17,18). The zero-order valence-corrected chi connectivity index (χ0v) is 12.7. The minimum Gasteiger partial charge on any atom is -0.370 e. The molecular weight excluding hydrogens is 264 g/mol. The molecule has 1 N–H and O–H groups in total. The Balaban J connectivity index is 1.60. The molecule has 0 aromatic carbocycles. The molecule has 0 radical (unpaired) electrons. The Morgan fingerprint density at radius 3 is 2.76 bits per heavy atom. The molecule has 5 nitrogen and oxygen atoms in total. The second kappa shape index (κ2) is 6.43. The molecule has 0 unspecified atom stereocenters. The molecule has 5 heteroatoms. The van der Waals surface area contributed by atoms with E-state index in [1.54, 1.807) is 6.20 Å². The molecule has 1 saturated carbocycles. The first-order valence-electron chi connectivity index (χ1n) is 7.98. The van der Waals surface area contributed by atoms with Gasteiger partial charge in [-0.25, -0.2) is 4.98 Å². The number of aromatic nitrogens is 1. The number of pyridine rings is 1. The molecule has 0 spiro atoms. The zero-order chi connectivity index (χ0) is 14.7. The van der Waals surface area contributed by atoms with Crippen LogP contribution >= 0.6 is 0 Å². The lowest BCUT2D eigenvalue weighted by Crippen LogP contribution is -2.49. The van der Waals surface area contributed by atoms with E-state index in [0.717, 1.165) is 38.6 Å². The van der Waals surface area contributed by atoms with E-state index in [1.807, 2.05) is 24.0 Å². The lowest BCUT2D eigenvalue weighted by Gasteiger charge is -2.35. The van der Waals surface area contributed by atoms with Crippen molar-refractivity contribution in [3.63, 3.8) is 0 Å². The number of carbonyl (C=O) groups excluding carboxylic acids is 1. The summed E-state index contributed by atoms with van der Waals surface area (Å²) in [7, 11) is 0. The van der Waals surface area contributed by atoms with Crippen molar-refractivity contribution in [2.45, 2.75) is 19.8 Å². The van der Waals surface area contributed by atoms with Gasteiger partial charge in [-0.2, -0.15) is 0 Å². The van der Waals surface area contributed by atoms with Crippen LogP contribution in [0.4, 0.5) is 5.82 Å². The van der Waals surface area contributed by atoms with Crippen molar-refractivity contribution in [3.05, 3.63) is 23.9 Å². The fraction of sp³-hybridized carbons (Fsp3) is 0.625. The number of piperazine rings is 1. The highest BCUT2D eigenvalue weighted by Crippen LogP contribution is 2.30. The van der Waals surface area contributed by atoms with E-state index in [4.69, 9.17) is 0 Å². The Morgan fingerprint density at radius 1 is 1.33 bits per heavy atom. The van der Waals surface area contributed by atoms with E-state index in [9.17, 15) is 4.79 Å². The second-order valence-corrected chi connectivity index (χ2v) is 5.97. The molecule has 1 aliphatic carbocycles. The molecule has 1 aromatic rings. The summed E-state index contributed by atoms with van der Waals surface area (Å²) < 4.78 is 0. The Hall–Kier alpha value is -1.62. The number of carbonyl (C=O) groups is 1. The first kappa shape index (κ1) is 14.3. The van der Waals surface area contributed by atoms with E-state index in [2.05, 4.69) is 15.2 Å². The van der Waals surface area contributed by atoms with Crippen LogP contribution in [-0.2, 0) is 0 Å². The number of nitrogens with one attached hydrogen (secondary N) is 1. The molecule has 1 aliphatic heterocycles. The third kappa shape index (κ3) is 3.53. The minimum atomic E-state index is 0.102. The zero-order valence-electron chi connectivity index (χ0n) is 12.7. The smallest absolute Gasteiger partial charge is 0.257 e. The van der Waals surface area contributed by atoms with E-state index >= 15 is 0 Å². The van der Waals surface area contributed by atoms with Crippen molar-refractivity contribution in [3.8, 4) is 0 Å². The van der Waals surface area contributed by atoms with Gasteiger partial charge < -0.3 is 10.2 Å². The van der Waals surface area contributed by atoms with Crippen molar-refractivity contribution in [2.75, 3.05) is 44.6 Å². The van der Waals surface area contributed by atoms with Crippen LogP contribution in [0.5, 0.6) is 0 Å². The van der Waals surface area contributed by atoms with Gasteiger partial charge in [-0.1, -0.05) is 0 Å². The van der Waals surface area contributed by atoms with Gasteiger partial charge in [0.1, 0.15) is 5.82 Å². The summed E-state index contributed by atoms with van der Waals surface area (Å²) in [5.74, 6) is 1.72. The summed E-state index contributed by atoms with van der Waals surface area (Å²) in [5.41, 5.74) is 0.690. The van der Waals surface area contributed by atoms with E-state index in [0.29, 0.717) is 11.4 Å². The highest BCUT2D eigenvalue weighted by Gasteiger charge is 2.28. The van der Waals surface area contributed by atoms with Crippen LogP contribution in [-0.4, -0.2) is 60.0 Å². The summed E-state index contributed by atoms with van der Waals surface area (Å²) in [4.78, 5) is 21.4. The molecule has 2 fully saturated rings. The number of hydrogen-bond donors (Lipinski definition) is 1. The Morgan fingerprint density at radius 2 is 2.10 bits per heavy atom. The summed E-state index contributed by atoms with van der Waals surface area (Å²) in [6, 6.07) is 3.70. The summed E-state index contributed by atoms with van der Waals surface area (Å²) in [6.07, 6.45) is 4.50. The van der Waals surface area contributed by atoms with Gasteiger partial charge in [-0.3, -0.25) is 9.69 Å². The Kier molecular flexibility index (Phi) is 4.39. The lowest BCUT2D eigenvalue weighted by molar-refractivity contribution is 0.0632. The average Bonchev–Trinajstić information content (AvgIpc) is 3.32. The largest absolute Gasteiger partial charge is 0.370 e. The van der Waals surface area contributed by atoms with Gasteiger partial charge in [0.25, 0.3) is 5.91 Å². The predicted octanol–water partition coefficient (Wildman–Crippen LogP) is 1.68. The predicted molar refractivity (Wildman–Crippen MR) is 83.5 cm³/mol. The van der Waals surface area contributed by atoms with Crippen molar-refractivity contribution in [2.24, 2.45) is 5.92 Å². The fourth-order valence-electron chi connectivity index (χ4n) is 2.86. The number of hydrogen-bond acceptors (Lipinski definition) is 4. The molecule has 2 aliphatic rings. The van der Waals surface area contributed by atoms with Crippen LogP contribution in [0, 0.1) is 5.92 Å². The third-order valence-electron chi connectivity index (χ3n) is 4.26. The second-order valence-electron chi connectivity index (χ2n) is 5.97. The van der Waals surface area contributed by atoms with Gasteiger partial charge in [0, 0.05) is 45.5 Å². The quantitative estimate of drug-likeness (QED) is 0.895. The van der Waals surface area contributed by atoms with Gasteiger partial charge in [0.2, 0.25) is 0 Å². The maximum absolute atomic E-state index is 12.7. The van der Waals surface area contributed by atoms with E-state index < -0.39 is 0 Å². The maximum Gasteiger partial charge on any atom is 0.257 e. The molecule has 21 heavy (non-hydrogen) atoms. The van der Waals surface area contributed by atoms with Crippen LogP contribution in [0.25, 0.3) is 0 Å². The summed E-state index contributed by atoms with van der Waals surface area (Å²) in [6.45, 7) is 7.65. The molecule has 114 valence electrons. The van der Waals surface area contributed by atoms with Crippen molar-refractivity contribution < 1.29 is 4.79 Å². The average molecular weight is 288 g/mol. The highest BCUT2D eigenvalue weighted by molar-refractivity contribution is 5.98. The van der Waals surface area contributed by atoms with Crippen LogP contribution in [0.15, 0.2) is 18.3 Å². The number of anilines is 1. The van der Waals surface area contributed by atoms with Gasteiger partial charge in [0.05, 0.1) is 5.56 Å². The van der Waals surface area contributed by atoms with Crippen LogP contribution in [0.1, 0.15) is 30.1 Å². The van der Waals surface area contributed by atoms with Crippen LogP contribution in [0.2, 0.25) is 0 Å². The van der Waals surface area contributed by atoms with E-state index in [-0.39, 0.29) is 5.91 Å². The van der Waals surface area contributed by atoms with Crippen molar-refractivity contribution in [1.29, 1.82) is 0 Å². The van der Waals surface area contributed by atoms with Gasteiger partial charge in [-0.05, 0) is 37.8 Å². The fourth-order valence-corrected chi connectivity index (χ4v) is 2.86. The maximum atomic E-state index is 12.7. The van der Waals surface area contributed by atoms with Crippen molar-refractivity contribution >= 4 is 11.7 Å². The molecule has 0 bridgehead atoms. The van der Waals surface area contributed by atoms with Crippen LogP contribution in [0.3, 0.4) is 0 Å². The molecule has 1 saturated heterocycles. The van der Waals surface area contributed by atoms with E-state index in [1.165, 1.54) is 19.4 Å². The molecule has 1 amide bonds. The molecule has 0 atom stereocenters. The van der Waals surface area contributed by atoms with Gasteiger partial charge in [0.15, 0.2) is 0 Å². The lowest BCUT2D eigenvalue weighted by atomic mass is 10.2. The first-order chi connectivity index (χ1) is 10.3. The SMILES string of the molecule is CCNc1ncccc1C(=O)N1CCN(CC2CC2)CC1. The number of amides is 1. The highest BCUT2D eigenvalue weighted by atomic mass is 16.2. The third-order valence-corrected chi connectivity index (χ3v) is 4.26.